The van der Waals surface area contributed by atoms with Gasteiger partial charge >= 0.3 is 0 Å². The van der Waals surface area contributed by atoms with E-state index < -0.39 is 0 Å². The largest absolute Gasteiger partial charge is 0.396 e. The van der Waals surface area contributed by atoms with E-state index >= 15 is 0 Å². The molecule has 1 saturated heterocycles. The third-order valence-electron chi connectivity index (χ3n) is 4.70. The molecule has 0 spiro atoms. The van der Waals surface area contributed by atoms with Crippen molar-refractivity contribution in [3.63, 3.8) is 0 Å². The Kier molecular flexibility index (Phi) is 5.59. The Morgan fingerprint density at radius 1 is 1.32 bits per heavy atom. The minimum atomic E-state index is 0.0750. The zero-order chi connectivity index (χ0) is 16.3. The van der Waals surface area contributed by atoms with Gasteiger partial charge in [-0.1, -0.05) is 26.0 Å². The molecule has 1 N–H and O–H groups in total. The number of hydrogen-bond donors (Lipinski definition) is 1. The molecule has 1 fully saturated rings. The second-order valence-corrected chi connectivity index (χ2v) is 6.79. The summed E-state index contributed by atoms with van der Waals surface area (Å²) in [4.78, 5) is 16.7. The van der Waals surface area contributed by atoms with Gasteiger partial charge in [0.25, 0.3) is 5.91 Å². The second kappa shape index (κ2) is 7.25. The first kappa shape index (κ1) is 17.0. The Labute approximate surface area is 133 Å². The topological polar surface area (TPSA) is 43.8 Å². The van der Waals surface area contributed by atoms with Gasteiger partial charge in [0, 0.05) is 37.2 Å². The highest BCUT2D eigenvalue weighted by atomic mass is 16.3. The van der Waals surface area contributed by atoms with Crippen molar-refractivity contribution >= 4 is 5.91 Å². The summed E-state index contributed by atoms with van der Waals surface area (Å²) in [6.07, 6.45) is 0.911. The summed E-state index contributed by atoms with van der Waals surface area (Å²) in [5.74, 6) is 0.673. The Morgan fingerprint density at radius 2 is 1.95 bits per heavy atom. The molecule has 0 radical (unpaired) electrons. The van der Waals surface area contributed by atoms with Crippen molar-refractivity contribution in [2.75, 3.05) is 33.8 Å². The highest BCUT2D eigenvalue weighted by Crippen LogP contribution is 2.23. The number of amides is 1. The molecule has 0 bridgehead atoms. The minimum Gasteiger partial charge on any atom is -0.396 e. The Hall–Kier alpha value is -1.39. The van der Waals surface area contributed by atoms with Crippen molar-refractivity contribution in [2.45, 2.75) is 32.2 Å². The second-order valence-electron chi connectivity index (χ2n) is 6.79. The third kappa shape index (κ3) is 3.68. The SMILES string of the molecule is CC(C)c1ccc(C(=O)N2CC[C@@H](N(C)C)[C@@H](CO)C2)cc1. The van der Waals surface area contributed by atoms with Gasteiger partial charge in [-0.05, 0) is 44.1 Å². The van der Waals surface area contributed by atoms with E-state index in [4.69, 9.17) is 0 Å². The van der Waals surface area contributed by atoms with Crippen LogP contribution in [0.4, 0.5) is 0 Å². The molecule has 1 aliphatic rings. The summed E-state index contributed by atoms with van der Waals surface area (Å²) >= 11 is 0. The van der Waals surface area contributed by atoms with Crippen molar-refractivity contribution in [2.24, 2.45) is 5.92 Å². The molecule has 0 aromatic heterocycles. The number of likely N-dealkylation sites (tertiary alicyclic amines) is 1. The Bertz CT molecular complexity index is 496. The standard InChI is InChI=1S/C18H28N2O2/c1-13(2)14-5-7-15(8-6-14)18(22)20-10-9-17(19(3)4)16(11-20)12-21/h5-8,13,16-17,21H,9-12H2,1-4H3/t16-,17-/m1/s1. The van der Waals surface area contributed by atoms with Gasteiger partial charge in [0.15, 0.2) is 0 Å². The van der Waals surface area contributed by atoms with Crippen LogP contribution in [0.2, 0.25) is 0 Å². The van der Waals surface area contributed by atoms with E-state index in [-0.39, 0.29) is 18.4 Å². The first-order valence-corrected chi connectivity index (χ1v) is 8.10. The average Bonchev–Trinajstić information content (AvgIpc) is 2.53. The van der Waals surface area contributed by atoms with Crippen LogP contribution < -0.4 is 0 Å². The van der Waals surface area contributed by atoms with Crippen LogP contribution in [0.1, 0.15) is 42.1 Å². The molecular weight excluding hydrogens is 276 g/mol. The van der Waals surface area contributed by atoms with Crippen LogP contribution in [0.15, 0.2) is 24.3 Å². The number of piperidine rings is 1. The van der Waals surface area contributed by atoms with Gasteiger partial charge in [0.2, 0.25) is 0 Å². The summed E-state index contributed by atoms with van der Waals surface area (Å²) in [6, 6.07) is 8.26. The Morgan fingerprint density at radius 3 is 2.45 bits per heavy atom. The van der Waals surface area contributed by atoms with Crippen molar-refractivity contribution in [3.8, 4) is 0 Å². The van der Waals surface area contributed by atoms with E-state index in [0.717, 1.165) is 18.5 Å². The number of carbonyl (C=O) groups is 1. The van der Waals surface area contributed by atoms with Gasteiger partial charge < -0.3 is 14.9 Å². The van der Waals surface area contributed by atoms with Gasteiger partial charge in [-0.25, -0.2) is 0 Å². The number of nitrogens with zero attached hydrogens (tertiary/aromatic N) is 2. The maximum Gasteiger partial charge on any atom is 0.253 e. The zero-order valence-electron chi connectivity index (χ0n) is 14.1. The van der Waals surface area contributed by atoms with Crippen LogP contribution in [-0.2, 0) is 0 Å². The average molecular weight is 304 g/mol. The molecule has 0 aliphatic carbocycles. The first-order valence-electron chi connectivity index (χ1n) is 8.10. The molecule has 122 valence electrons. The molecule has 1 amide bonds. The number of aliphatic hydroxyl groups is 1. The molecule has 2 rings (SSSR count). The molecular formula is C18H28N2O2. The van der Waals surface area contributed by atoms with E-state index in [2.05, 4.69) is 18.7 Å². The summed E-state index contributed by atoms with van der Waals surface area (Å²) in [6.45, 7) is 5.80. The fourth-order valence-electron chi connectivity index (χ4n) is 3.26. The van der Waals surface area contributed by atoms with Crippen LogP contribution >= 0.6 is 0 Å². The van der Waals surface area contributed by atoms with Gasteiger partial charge in [0.1, 0.15) is 0 Å². The third-order valence-corrected chi connectivity index (χ3v) is 4.70. The number of rotatable bonds is 4. The summed E-state index contributed by atoms with van der Waals surface area (Å²) in [7, 11) is 4.07. The summed E-state index contributed by atoms with van der Waals surface area (Å²) in [5.41, 5.74) is 1.99. The van der Waals surface area contributed by atoms with Crippen molar-refractivity contribution < 1.29 is 9.90 Å². The molecule has 1 aliphatic heterocycles. The lowest BCUT2D eigenvalue weighted by molar-refractivity contribution is 0.0378. The Balaban J connectivity index is 2.07. The fourth-order valence-corrected chi connectivity index (χ4v) is 3.26. The van der Waals surface area contributed by atoms with E-state index in [1.165, 1.54) is 5.56 Å². The number of benzene rings is 1. The lowest BCUT2D eigenvalue weighted by Gasteiger charge is -2.40. The van der Waals surface area contributed by atoms with Gasteiger partial charge in [-0.2, -0.15) is 0 Å². The molecule has 1 aromatic rings. The normalized spacial score (nSPS) is 22.4. The van der Waals surface area contributed by atoms with E-state index in [1.807, 2.05) is 43.3 Å². The number of aliphatic hydroxyl groups excluding tert-OH is 1. The van der Waals surface area contributed by atoms with Crippen LogP contribution in [0.3, 0.4) is 0 Å². The lowest BCUT2D eigenvalue weighted by Crippen LogP contribution is -2.51. The highest BCUT2D eigenvalue weighted by molar-refractivity contribution is 5.94. The minimum absolute atomic E-state index is 0.0750. The van der Waals surface area contributed by atoms with Crippen molar-refractivity contribution in [3.05, 3.63) is 35.4 Å². The summed E-state index contributed by atoms with van der Waals surface area (Å²) in [5, 5.41) is 9.61. The molecule has 4 heteroatoms. The van der Waals surface area contributed by atoms with E-state index in [0.29, 0.717) is 18.5 Å². The van der Waals surface area contributed by atoms with E-state index in [9.17, 15) is 9.90 Å². The molecule has 1 aromatic carbocycles. The van der Waals surface area contributed by atoms with Gasteiger partial charge in [-0.3, -0.25) is 4.79 Å². The van der Waals surface area contributed by atoms with Crippen molar-refractivity contribution in [1.82, 2.24) is 9.80 Å². The molecule has 22 heavy (non-hydrogen) atoms. The summed E-state index contributed by atoms with van der Waals surface area (Å²) < 4.78 is 0. The first-order chi connectivity index (χ1) is 10.4. The van der Waals surface area contributed by atoms with Gasteiger partial charge in [0.05, 0.1) is 0 Å². The van der Waals surface area contributed by atoms with Crippen LogP contribution in [0.5, 0.6) is 0 Å². The maximum atomic E-state index is 12.6. The van der Waals surface area contributed by atoms with Crippen LogP contribution in [0, 0.1) is 5.92 Å². The smallest absolute Gasteiger partial charge is 0.253 e. The van der Waals surface area contributed by atoms with Crippen molar-refractivity contribution in [1.29, 1.82) is 0 Å². The fraction of sp³-hybridized carbons (Fsp3) is 0.611. The predicted molar refractivity (Wildman–Crippen MR) is 89.1 cm³/mol. The van der Waals surface area contributed by atoms with E-state index in [1.54, 1.807) is 0 Å². The molecule has 1 heterocycles. The highest BCUT2D eigenvalue weighted by Gasteiger charge is 2.32. The van der Waals surface area contributed by atoms with Gasteiger partial charge in [-0.15, -0.1) is 0 Å². The molecule has 2 atom stereocenters. The lowest BCUT2D eigenvalue weighted by atomic mass is 9.91. The monoisotopic (exact) mass is 304 g/mol. The number of carbonyl (C=O) groups excluding carboxylic acids is 1. The number of hydrogen-bond acceptors (Lipinski definition) is 3. The maximum absolute atomic E-state index is 12.6. The molecule has 0 unspecified atom stereocenters. The molecule has 0 saturated carbocycles. The van der Waals surface area contributed by atoms with Crippen LogP contribution in [0.25, 0.3) is 0 Å². The quantitative estimate of drug-likeness (QED) is 0.927. The predicted octanol–water partition coefficient (Wildman–Crippen LogP) is 2.19. The van der Waals surface area contributed by atoms with Crippen LogP contribution in [-0.4, -0.2) is 60.6 Å². The molecule has 4 nitrogen and oxygen atoms in total. The zero-order valence-corrected chi connectivity index (χ0v) is 14.1.